The maximum Gasteiger partial charge on any atom is 0.147 e. The van der Waals surface area contributed by atoms with E-state index >= 15 is 0 Å². The molecule has 0 spiro atoms. The van der Waals surface area contributed by atoms with Gasteiger partial charge >= 0.3 is 0 Å². The van der Waals surface area contributed by atoms with Crippen LogP contribution in [0.4, 0.5) is 0 Å². The van der Waals surface area contributed by atoms with E-state index in [0.717, 1.165) is 19.4 Å². The Bertz CT molecular complexity index is 265. The normalized spacial score (nSPS) is 15.3. The molecule has 0 aliphatic carbocycles. The molecule has 0 amide bonds. The molecular formula is C11H25NO2S. The van der Waals surface area contributed by atoms with Gasteiger partial charge in [0.25, 0.3) is 0 Å². The molecule has 15 heavy (non-hydrogen) atoms. The van der Waals surface area contributed by atoms with E-state index in [0.29, 0.717) is 11.7 Å². The minimum absolute atomic E-state index is 0.110. The third kappa shape index (κ3) is 10.2. The summed E-state index contributed by atoms with van der Waals surface area (Å²) in [6.07, 6.45) is 3.09. The van der Waals surface area contributed by atoms with Gasteiger partial charge in [-0.2, -0.15) is 0 Å². The van der Waals surface area contributed by atoms with E-state index in [1.807, 2.05) is 0 Å². The van der Waals surface area contributed by atoms with Crippen LogP contribution in [0.5, 0.6) is 0 Å². The van der Waals surface area contributed by atoms with Crippen molar-refractivity contribution in [3.8, 4) is 0 Å². The van der Waals surface area contributed by atoms with Crippen LogP contribution in [0, 0.1) is 5.92 Å². The van der Waals surface area contributed by atoms with Crippen molar-refractivity contribution in [2.75, 3.05) is 18.6 Å². The Morgan fingerprint density at radius 2 is 1.80 bits per heavy atom. The fourth-order valence-electron chi connectivity index (χ4n) is 1.28. The lowest BCUT2D eigenvalue weighted by Gasteiger charge is -2.24. The topological polar surface area (TPSA) is 46.2 Å². The van der Waals surface area contributed by atoms with Gasteiger partial charge in [-0.05, 0) is 39.7 Å². The van der Waals surface area contributed by atoms with Gasteiger partial charge in [-0.3, -0.25) is 0 Å². The fraction of sp³-hybridized carbons (Fsp3) is 1.00. The van der Waals surface area contributed by atoms with Crippen LogP contribution in [0.3, 0.4) is 0 Å². The molecular weight excluding hydrogens is 210 g/mol. The molecule has 0 aliphatic heterocycles. The largest absolute Gasteiger partial charge is 0.312 e. The van der Waals surface area contributed by atoms with Gasteiger partial charge in [-0.15, -0.1) is 0 Å². The maximum absolute atomic E-state index is 11.0. The van der Waals surface area contributed by atoms with E-state index < -0.39 is 9.84 Å². The highest BCUT2D eigenvalue weighted by atomic mass is 32.2. The molecule has 0 aromatic rings. The quantitative estimate of drug-likeness (QED) is 0.764. The van der Waals surface area contributed by atoms with Crippen molar-refractivity contribution in [1.29, 1.82) is 0 Å². The van der Waals surface area contributed by atoms with E-state index in [-0.39, 0.29) is 5.54 Å². The van der Waals surface area contributed by atoms with Gasteiger partial charge in [-0.1, -0.05) is 13.3 Å². The number of sulfone groups is 1. The smallest absolute Gasteiger partial charge is 0.147 e. The van der Waals surface area contributed by atoms with Crippen molar-refractivity contribution in [3.63, 3.8) is 0 Å². The van der Waals surface area contributed by atoms with Crippen molar-refractivity contribution in [2.24, 2.45) is 5.92 Å². The van der Waals surface area contributed by atoms with Gasteiger partial charge in [0.2, 0.25) is 0 Å². The molecule has 0 aromatic heterocycles. The van der Waals surface area contributed by atoms with Crippen LogP contribution < -0.4 is 5.32 Å². The zero-order valence-corrected chi connectivity index (χ0v) is 11.4. The summed E-state index contributed by atoms with van der Waals surface area (Å²) < 4.78 is 22.1. The minimum Gasteiger partial charge on any atom is -0.312 e. The Morgan fingerprint density at radius 1 is 1.27 bits per heavy atom. The predicted octanol–water partition coefficient (Wildman–Crippen LogP) is 1.84. The zero-order chi connectivity index (χ0) is 12.1. The Labute approximate surface area is 94.6 Å². The molecule has 0 radical (unpaired) electrons. The standard InChI is InChI=1S/C11H25NO2S/c1-6-10(7-8-15(5,13)14)9-12-11(2,3)4/h10,12H,6-9H2,1-5H3. The maximum atomic E-state index is 11.0. The molecule has 1 unspecified atom stereocenters. The predicted molar refractivity (Wildman–Crippen MR) is 65.9 cm³/mol. The van der Waals surface area contributed by atoms with Crippen LogP contribution in [0.1, 0.15) is 40.5 Å². The van der Waals surface area contributed by atoms with Gasteiger partial charge in [0.1, 0.15) is 9.84 Å². The van der Waals surface area contributed by atoms with Crippen LogP contribution in [-0.4, -0.2) is 32.5 Å². The van der Waals surface area contributed by atoms with E-state index in [2.05, 4.69) is 33.0 Å². The van der Waals surface area contributed by atoms with Crippen LogP contribution in [0.25, 0.3) is 0 Å². The van der Waals surface area contributed by atoms with Crippen molar-refractivity contribution < 1.29 is 8.42 Å². The summed E-state index contributed by atoms with van der Waals surface area (Å²) in [5, 5.41) is 3.41. The molecule has 1 atom stereocenters. The summed E-state index contributed by atoms with van der Waals surface area (Å²) >= 11 is 0. The fourth-order valence-corrected chi connectivity index (χ4v) is 2.04. The van der Waals surface area contributed by atoms with Crippen molar-refractivity contribution >= 4 is 9.84 Å². The zero-order valence-electron chi connectivity index (χ0n) is 10.6. The second-order valence-electron chi connectivity index (χ2n) is 5.32. The third-order valence-corrected chi connectivity index (χ3v) is 3.37. The van der Waals surface area contributed by atoms with E-state index in [4.69, 9.17) is 0 Å². The molecule has 0 aromatic carbocycles. The molecule has 0 bridgehead atoms. The van der Waals surface area contributed by atoms with Crippen LogP contribution in [0.15, 0.2) is 0 Å². The highest BCUT2D eigenvalue weighted by Gasteiger charge is 2.14. The van der Waals surface area contributed by atoms with E-state index in [9.17, 15) is 8.42 Å². The highest BCUT2D eigenvalue weighted by molar-refractivity contribution is 7.90. The van der Waals surface area contributed by atoms with Crippen LogP contribution in [-0.2, 0) is 9.84 Å². The number of rotatable bonds is 6. The second-order valence-corrected chi connectivity index (χ2v) is 7.58. The van der Waals surface area contributed by atoms with Crippen molar-refractivity contribution in [1.82, 2.24) is 5.32 Å². The average Bonchev–Trinajstić information content (AvgIpc) is 2.00. The highest BCUT2D eigenvalue weighted by Crippen LogP contribution is 2.10. The lowest BCUT2D eigenvalue weighted by atomic mass is 10.0. The summed E-state index contributed by atoms with van der Waals surface area (Å²) in [7, 11) is -2.81. The molecule has 0 saturated carbocycles. The van der Waals surface area contributed by atoms with E-state index in [1.54, 1.807) is 0 Å². The Hall–Kier alpha value is -0.0900. The van der Waals surface area contributed by atoms with Crippen molar-refractivity contribution in [3.05, 3.63) is 0 Å². The number of nitrogens with one attached hydrogen (secondary N) is 1. The first-order valence-corrected chi connectivity index (χ1v) is 7.63. The molecule has 4 heteroatoms. The molecule has 3 nitrogen and oxygen atoms in total. The SMILES string of the molecule is CCC(CCS(C)(=O)=O)CNC(C)(C)C. The summed E-state index contributed by atoms with van der Waals surface area (Å²) in [6, 6.07) is 0. The van der Waals surface area contributed by atoms with E-state index in [1.165, 1.54) is 6.26 Å². The molecule has 92 valence electrons. The first-order chi connectivity index (χ1) is 6.64. The number of hydrogen-bond acceptors (Lipinski definition) is 3. The summed E-state index contributed by atoms with van der Waals surface area (Å²) in [6.45, 7) is 9.37. The van der Waals surface area contributed by atoms with Crippen LogP contribution in [0.2, 0.25) is 0 Å². The molecule has 0 saturated heterocycles. The summed E-state index contributed by atoms with van der Waals surface area (Å²) in [5.41, 5.74) is 0.110. The van der Waals surface area contributed by atoms with Crippen molar-refractivity contribution in [2.45, 2.75) is 46.1 Å². The lowest BCUT2D eigenvalue weighted by molar-refractivity contribution is 0.359. The molecule has 0 aliphatic rings. The minimum atomic E-state index is -2.81. The summed E-state index contributed by atoms with van der Waals surface area (Å²) in [5.74, 6) is 0.760. The van der Waals surface area contributed by atoms with Gasteiger partial charge in [0.05, 0.1) is 5.75 Å². The molecule has 0 heterocycles. The average molecular weight is 235 g/mol. The Kier molecular flexibility index (Phi) is 5.81. The van der Waals surface area contributed by atoms with Gasteiger partial charge in [-0.25, -0.2) is 8.42 Å². The number of hydrogen-bond donors (Lipinski definition) is 1. The lowest BCUT2D eigenvalue weighted by Crippen LogP contribution is -2.39. The van der Waals surface area contributed by atoms with Crippen LogP contribution >= 0.6 is 0 Å². The second kappa shape index (κ2) is 5.85. The molecule has 0 rings (SSSR count). The van der Waals surface area contributed by atoms with Gasteiger partial charge < -0.3 is 5.32 Å². The summed E-state index contributed by atoms with van der Waals surface area (Å²) in [4.78, 5) is 0. The van der Waals surface area contributed by atoms with Gasteiger partial charge in [0, 0.05) is 11.8 Å². The monoisotopic (exact) mass is 235 g/mol. The molecule has 1 N–H and O–H groups in total. The first kappa shape index (κ1) is 14.9. The Morgan fingerprint density at radius 3 is 2.13 bits per heavy atom. The first-order valence-electron chi connectivity index (χ1n) is 5.57. The third-order valence-electron chi connectivity index (χ3n) is 2.40. The molecule has 0 fully saturated rings. The Balaban J connectivity index is 3.95. The van der Waals surface area contributed by atoms with Gasteiger partial charge in [0.15, 0.2) is 0 Å².